The molecular formula is C28H12BF16NaO4. The SMILES string of the molecule is COc1c(F)c(F)c(F)c(F)c1[B-](c1c(F)c(F)c(F)c(F)c1OC)(c1c(F)c(F)c(F)c(F)c1OC)c1c(F)c(F)c(F)c(F)c1OC.[Na+]. The van der Waals surface area contributed by atoms with Crippen LogP contribution >= 0.6 is 0 Å². The van der Waals surface area contributed by atoms with Crippen molar-refractivity contribution in [2.45, 2.75) is 0 Å². The number of benzene rings is 4. The van der Waals surface area contributed by atoms with E-state index in [0.717, 1.165) is 0 Å². The molecular weight excluding hydrogens is 738 g/mol. The van der Waals surface area contributed by atoms with E-state index >= 15 is 52.7 Å². The number of methoxy groups -OCH3 is 4. The third-order valence-electron chi connectivity index (χ3n) is 7.58. The molecule has 0 radical (unpaired) electrons. The van der Waals surface area contributed by atoms with Crippen molar-refractivity contribution in [3.63, 3.8) is 0 Å². The Morgan fingerprint density at radius 1 is 0.260 bits per heavy atom. The summed E-state index contributed by atoms with van der Waals surface area (Å²) >= 11 is 0. The van der Waals surface area contributed by atoms with Crippen LogP contribution in [0.2, 0.25) is 0 Å². The van der Waals surface area contributed by atoms with Gasteiger partial charge in [-0.05, 0) is 0 Å². The predicted molar refractivity (Wildman–Crippen MR) is 136 cm³/mol. The number of halogens is 16. The van der Waals surface area contributed by atoms with Crippen molar-refractivity contribution in [1.82, 2.24) is 0 Å². The molecule has 4 rings (SSSR count). The van der Waals surface area contributed by atoms with Crippen molar-refractivity contribution in [2.75, 3.05) is 28.4 Å². The fourth-order valence-corrected chi connectivity index (χ4v) is 5.73. The van der Waals surface area contributed by atoms with Gasteiger partial charge in [-0.3, -0.25) is 0 Å². The minimum Gasteiger partial charge on any atom is -0.497 e. The van der Waals surface area contributed by atoms with Crippen molar-refractivity contribution in [2.24, 2.45) is 0 Å². The van der Waals surface area contributed by atoms with Crippen LogP contribution in [0.3, 0.4) is 0 Å². The van der Waals surface area contributed by atoms with Gasteiger partial charge < -0.3 is 18.9 Å². The molecule has 0 aliphatic heterocycles. The van der Waals surface area contributed by atoms with E-state index < -0.39 is 144 Å². The first-order valence-electron chi connectivity index (χ1n) is 12.6. The van der Waals surface area contributed by atoms with E-state index in [1.165, 1.54) is 0 Å². The van der Waals surface area contributed by atoms with E-state index in [-0.39, 0.29) is 58.0 Å². The molecule has 0 amide bonds. The van der Waals surface area contributed by atoms with E-state index in [1.54, 1.807) is 0 Å². The third kappa shape index (κ3) is 5.30. The van der Waals surface area contributed by atoms with Crippen molar-refractivity contribution in [1.29, 1.82) is 0 Å². The molecule has 0 atom stereocenters. The quantitative estimate of drug-likeness (QED) is 0.120. The van der Waals surface area contributed by atoms with Crippen LogP contribution in [0.1, 0.15) is 0 Å². The first-order chi connectivity index (χ1) is 22.9. The summed E-state index contributed by atoms with van der Waals surface area (Å²) in [6.07, 6.45) is -6.25. The molecule has 0 saturated carbocycles. The molecule has 0 fully saturated rings. The Labute approximate surface area is 290 Å². The van der Waals surface area contributed by atoms with Crippen LogP contribution < -0.4 is 70.4 Å². The summed E-state index contributed by atoms with van der Waals surface area (Å²) in [5.41, 5.74) is -10.4. The van der Waals surface area contributed by atoms with Crippen LogP contribution in [-0.2, 0) is 0 Å². The molecule has 0 saturated heterocycles. The van der Waals surface area contributed by atoms with Crippen LogP contribution in [0.4, 0.5) is 70.2 Å². The molecule has 4 aromatic rings. The molecule has 0 spiro atoms. The third-order valence-corrected chi connectivity index (χ3v) is 7.58. The molecule has 264 valence electrons. The van der Waals surface area contributed by atoms with Gasteiger partial charge in [-0.1, -0.05) is 0 Å². The normalized spacial score (nSPS) is 11.4. The number of hydrogen-bond acceptors (Lipinski definition) is 4. The summed E-state index contributed by atoms with van der Waals surface area (Å²) in [6.45, 7) is 0. The van der Waals surface area contributed by atoms with E-state index in [9.17, 15) is 17.6 Å². The van der Waals surface area contributed by atoms with Gasteiger partial charge in [-0.2, -0.15) is 17.6 Å². The first kappa shape index (κ1) is 40.5. The number of ether oxygens (including phenoxy) is 4. The fraction of sp³-hybridized carbons (Fsp3) is 0.143. The summed E-state index contributed by atoms with van der Waals surface area (Å²) in [4.78, 5) is 0. The Morgan fingerprint density at radius 3 is 0.540 bits per heavy atom. The molecule has 0 aromatic heterocycles. The maximum Gasteiger partial charge on any atom is 1.00 e. The smallest absolute Gasteiger partial charge is 0.497 e. The molecule has 22 heteroatoms. The average Bonchev–Trinajstić information content (AvgIpc) is 3.09. The van der Waals surface area contributed by atoms with Gasteiger partial charge >= 0.3 is 29.6 Å². The zero-order valence-electron chi connectivity index (χ0n) is 25.3. The van der Waals surface area contributed by atoms with E-state index in [2.05, 4.69) is 18.9 Å². The van der Waals surface area contributed by atoms with Gasteiger partial charge in [0.2, 0.25) is 46.5 Å². The van der Waals surface area contributed by atoms with Crippen LogP contribution in [0.15, 0.2) is 0 Å². The molecule has 0 unspecified atom stereocenters. The molecule has 4 nitrogen and oxygen atoms in total. The fourth-order valence-electron chi connectivity index (χ4n) is 5.73. The standard InChI is InChI=1S/C28H12BF16O4.Na/c1-46-25-5(9(30)13(34)17(38)21(25)42)29(6-10(31)14(35)18(39)22(43)26(6)47-2,7-11(32)15(36)19(40)23(44)27(7)48-3)8-12(33)16(37)20(41)24(45)28(8)49-4;/h1-4H3;/q-1;+1. The molecule has 0 aliphatic rings. The second kappa shape index (κ2) is 14.3. The van der Waals surface area contributed by atoms with Gasteiger partial charge in [0.05, 0.1) is 28.4 Å². The van der Waals surface area contributed by atoms with Crippen LogP contribution in [0, 0.1) is 93.1 Å². The van der Waals surface area contributed by atoms with Gasteiger partial charge in [-0.25, -0.2) is 52.7 Å². The Hall–Kier alpha value is -3.98. The summed E-state index contributed by atoms with van der Waals surface area (Å²) in [5, 5.41) is 0. The largest absolute Gasteiger partial charge is 1.00 e. The predicted octanol–water partition coefficient (Wildman–Crippen LogP) is 2.33. The molecule has 0 N–H and O–H groups in total. The van der Waals surface area contributed by atoms with E-state index in [0.29, 0.717) is 0 Å². The Balaban J connectivity index is 0.00000676. The molecule has 0 aliphatic carbocycles. The van der Waals surface area contributed by atoms with Gasteiger partial charge in [0, 0.05) is 0 Å². The monoisotopic (exact) mass is 750 g/mol. The minimum atomic E-state index is -6.25. The topological polar surface area (TPSA) is 36.9 Å². The Kier molecular flexibility index (Phi) is 11.6. The molecule has 4 aromatic carbocycles. The Bertz CT molecular complexity index is 1770. The zero-order valence-corrected chi connectivity index (χ0v) is 27.3. The van der Waals surface area contributed by atoms with Gasteiger partial charge in [0.1, 0.15) is 52.4 Å². The van der Waals surface area contributed by atoms with Crippen LogP contribution in [-0.4, -0.2) is 34.6 Å². The second-order valence-electron chi connectivity index (χ2n) is 9.68. The summed E-state index contributed by atoms with van der Waals surface area (Å²) in [6, 6.07) is 0. The van der Waals surface area contributed by atoms with Gasteiger partial charge in [-0.15, -0.1) is 21.9 Å². The zero-order chi connectivity index (χ0) is 37.2. The average molecular weight is 750 g/mol. The minimum absolute atomic E-state index is 0. The number of rotatable bonds is 8. The molecule has 0 bridgehead atoms. The molecule has 50 heavy (non-hydrogen) atoms. The maximum absolute atomic E-state index is 16.3. The summed E-state index contributed by atoms with van der Waals surface area (Å²) < 4.78 is 263. The van der Waals surface area contributed by atoms with Gasteiger partial charge in [0.15, 0.2) is 23.3 Å². The summed E-state index contributed by atoms with van der Waals surface area (Å²) in [7, 11) is 0.880. The maximum atomic E-state index is 16.3. The van der Waals surface area contributed by atoms with Crippen molar-refractivity contribution < 1.29 is 119 Å². The van der Waals surface area contributed by atoms with E-state index in [4.69, 9.17) is 0 Å². The van der Waals surface area contributed by atoms with Crippen LogP contribution in [0.5, 0.6) is 23.0 Å². The second-order valence-corrected chi connectivity index (χ2v) is 9.68. The van der Waals surface area contributed by atoms with Crippen molar-refractivity contribution >= 4 is 28.0 Å². The van der Waals surface area contributed by atoms with Gasteiger partial charge in [0.25, 0.3) is 0 Å². The van der Waals surface area contributed by atoms with Crippen molar-refractivity contribution in [3.05, 3.63) is 93.1 Å². The summed E-state index contributed by atoms with van der Waals surface area (Å²) in [5.74, 6) is -56.6. The van der Waals surface area contributed by atoms with Crippen molar-refractivity contribution in [3.8, 4) is 23.0 Å². The molecule has 0 heterocycles. The van der Waals surface area contributed by atoms with Crippen LogP contribution in [0.25, 0.3) is 0 Å². The first-order valence-corrected chi connectivity index (χ1v) is 12.6. The number of hydrogen-bond donors (Lipinski definition) is 0. The van der Waals surface area contributed by atoms with E-state index in [1.807, 2.05) is 0 Å². The Morgan fingerprint density at radius 2 is 0.400 bits per heavy atom.